The van der Waals surface area contributed by atoms with Crippen molar-refractivity contribution in [2.75, 3.05) is 5.32 Å². The van der Waals surface area contributed by atoms with Crippen LogP contribution in [0.3, 0.4) is 0 Å². The second-order valence-electron chi connectivity index (χ2n) is 5.52. The summed E-state index contributed by atoms with van der Waals surface area (Å²) in [4.78, 5) is 16.3. The maximum Gasteiger partial charge on any atom is 0.270 e. The minimum absolute atomic E-state index is 0.125. The summed E-state index contributed by atoms with van der Waals surface area (Å²) in [6.45, 7) is 0. The average Bonchev–Trinajstić information content (AvgIpc) is 3.03. The van der Waals surface area contributed by atoms with Gasteiger partial charge in [-0.3, -0.25) is 4.79 Å². The first-order valence-corrected chi connectivity index (χ1v) is 7.50. The third kappa shape index (κ3) is 3.61. The Morgan fingerprint density at radius 1 is 1.05 bits per heavy atom. The summed E-state index contributed by atoms with van der Waals surface area (Å²) in [5.74, 6) is -0.400. The van der Waals surface area contributed by atoms with Crippen molar-refractivity contribution >= 4 is 17.3 Å². The van der Waals surface area contributed by atoms with E-state index >= 15 is 0 Å². The maximum absolute atomic E-state index is 12.8. The Balaban J connectivity index is 1.61. The number of hydrogen-bond donors (Lipinski definition) is 2. The molecule has 0 bridgehead atoms. The van der Waals surface area contributed by atoms with Crippen molar-refractivity contribution in [2.45, 2.75) is 31.7 Å². The average molecular weight is 299 g/mol. The highest BCUT2D eigenvalue weighted by molar-refractivity contribution is 5.92. The van der Waals surface area contributed by atoms with E-state index in [1.165, 1.54) is 25.0 Å². The number of amides is 1. The molecular formula is C17H18FN3O. The molecule has 1 amide bonds. The molecule has 0 saturated heterocycles. The van der Waals surface area contributed by atoms with Crippen LogP contribution in [0.5, 0.6) is 0 Å². The molecule has 0 unspecified atom stereocenters. The van der Waals surface area contributed by atoms with Crippen LogP contribution in [0.1, 0.15) is 36.2 Å². The highest BCUT2D eigenvalue weighted by Gasteiger charge is 2.18. The van der Waals surface area contributed by atoms with E-state index in [1.807, 2.05) is 0 Å². The van der Waals surface area contributed by atoms with Crippen molar-refractivity contribution in [3.05, 3.63) is 54.1 Å². The number of rotatable bonds is 4. The van der Waals surface area contributed by atoms with E-state index in [2.05, 4.69) is 15.6 Å². The van der Waals surface area contributed by atoms with Gasteiger partial charge in [0.2, 0.25) is 0 Å². The molecule has 2 aromatic rings. The van der Waals surface area contributed by atoms with Crippen LogP contribution in [-0.4, -0.2) is 16.9 Å². The number of carbonyl (C=O) groups excluding carboxylic acids is 1. The van der Waals surface area contributed by atoms with E-state index in [1.54, 1.807) is 30.5 Å². The largest absolute Gasteiger partial charge is 0.354 e. The summed E-state index contributed by atoms with van der Waals surface area (Å²) in [5, 5.41) is 6.12. The van der Waals surface area contributed by atoms with Crippen LogP contribution in [0, 0.1) is 5.82 Å². The van der Waals surface area contributed by atoms with E-state index in [0.717, 1.165) is 24.2 Å². The van der Waals surface area contributed by atoms with E-state index in [0.29, 0.717) is 5.69 Å². The number of pyridine rings is 1. The summed E-state index contributed by atoms with van der Waals surface area (Å²) in [6, 6.07) is 9.84. The molecule has 1 aliphatic rings. The van der Waals surface area contributed by atoms with E-state index in [4.69, 9.17) is 0 Å². The zero-order valence-corrected chi connectivity index (χ0v) is 12.2. The monoisotopic (exact) mass is 299 g/mol. The number of aromatic nitrogens is 1. The maximum atomic E-state index is 12.8. The number of carbonyl (C=O) groups is 1. The molecule has 0 radical (unpaired) electrons. The van der Waals surface area contributed by atoms with Gasteiger partial charge in [0.25, 0.3) is 5.91 Å². The molecule has 2 N–H and O–H groups in total. The van der Waals surface area contributed by atoms with Crippen LogP contribution >= 0.6 is 0 Å². The Hall–Kier alpha value is -2.43. The standard InChI is InChI=1S/C17H18FN3O/c18-12-5-7-14(8-6-12)20-15-9-10-16(19-11-15)17(22)21-13-3-1-2-4-13/h5-11,13,20H,1-4H2,(H,21,22). The van der Waals surface area contributed by atoms with Gasteiger partial charge < -0.3 is 10.6 Å². The Morgan fingerprint density at radius 3 is 2.36 bits per heavy atom. The van der Waals surface area contributed by atoms with Gasteiger partial charge in [0.1, 0.15) is 11.5 Å². The highest BCUT2D eigenvalue weighted by atomic mass is 19.1. The van der Waals surface area contributed by atoms with Gasteiger partial charge in [0, 0.05) is 11.7 Å². The summed E-state index contributed by atoms with van der Waals surface area (Å²) in [7, 11) is 0. The summed E-state index contributed by atoms with van der Waals surface area (Å²) < 4.78 is 12.8. The van der Waals surface area contributed by atoms with Gasteiger partial charge in [-0.1, -0.05) is 12.8 Å². The Bertz CT molecular complexity index is 634. The molecule has 5 heteroatoms. The molecule has 1 fully saturated rings. The summed E-state index contributed by atoms with van der Waals surface area (Å²) in [6.07, 6.45) is 6.07. The van der Waals surface area contributed by atoms with Crippen LogP contribution in [-0.2, 0) is 0 Å². The quantitative estimate of drug-likeness (QED) is 0.906. The Labute approximate surface area is 128 Å². The van der Waals surface area contributed by atoms with Crippen molar-refractivity contribution < 1.29 is 9.18 Å². The van der Waals surface area contributed by atoms with Crippen molar-refractivity contribution in [1.29, 1.82) is 0 Å². The van der Waals surface area contributed by atoms with Gasteiger partial charge in [-0.05, 0) is 49.2 Å². The predicted octanol–water partition coefficient (Wildman–Crippen LogP) is 3.64. The van der Waals surface area contributed by atoms with Crippen LogP contribution in [0.25, 0.3) is 0 Å². The number of benzene rings is 1. The van der Waals surface area contributed by atoms with Gasteiger partial charge >= 0.3 is 0 Å². The number of hydrogen-bond acceptors (Lipinski definition) is 3. The predicted molar refractivity (Wildman–Crippen MR) is 83.6 cm³/mol. The first-order valence-electron chi connectivity index (χ1n) is 7.50. The van der Waals surface area contributed by atoms with Crippen LogP contribution in [0.15, 0.2) is 42.6 Å². The van der Waals surface area contributed by atoms with Gasteiger partial charge in [0.05, 0.1) is 11.9 Å². The van der Waals surface area contributed by atoms with Crippen LogP contribution in [0.4, 0.5) is 15.8 Å². The second kappa shape index (κ2) is 6.56. The normalized spacial score (nSPS) is 14.8. The van der Waals surface area contributed by atoms with Gasteiger partial charge in [-0.2, -0.15) is 0 Å². The molecule has 1 aromatic heterocycles. The fourth-order valence-electron chi connectivity index (χ4n) is 2.63. The highest BCUT2D eigenvalue weighted by Crippen LogP contribution is 2.19. The van der Waals surface area contributed by atoms with Crippen LogP contribution in [0.2, 0.25) is 0 Å². The molecular weight excluding hydrogens is 281 g/mol. The van der Waals surface area contributed by atoms with Crippen molar-refractivity contribution in [3.63, 3.8) is 0 Å². The zero-order valence-electron chi connectivity index (χ0n) is 12.2. The van der Waals surface area contributed by atoms with Gasteiger partial charge in [-0.15, -0.1) is 0 Å². The smallest absolute Gasteiger partial charge is 0.270 e. The molecule has 1 aromatic carbocycles. The third-order valence-corrected chi connectivity index (χ3v) is 3.82. The van der Waals surface area contributed by atoms with Gasteiger partial charge in [0.15, 0.2) is 0 Å². The van der Waals surface area contributed by atoms with Gasteiger partial charge in [-0.25, -0.2) is 9.37 Å². The number of nitrogens with zero attached hydrogens (tertiary/aromatic N) is 1. The topological polar surface area (TPSA) is 54.0 Å². The minimum Gasteiger partial charge on any atom is -0.354 e. The number of nitrogens with one attached hydrogen (secondary N) is 2. The molecule has 3 rings (SSSR count). The second-order valence-corrected chi connectivity index (χ2v) is 5.52. The SMILES string of the molecule is O=C(NC1CCCC1)c1ccc(Nc2ccc(F)cc2)cn1. The first kappa shape index (κ1) is 14.5. The molecule has 1 saturated carbocycles. The number of halogens is 1. The molecule has 22 heavy (non-hydrogen) atoms. The molecule has 1 heterocycles. The zero-order chi connectivity index (χ0) is 15.4. The molecule has 0 atom stereocenters. The van der Waals surface area contributed by atoms with Crippen LogP contribution < -0.4 is 10.6 Å². The first-order chi connectivity index (χ1) is 10.7. The van der Waals surface area contributed by atoms with E-state index < -0.39 is 0 Å². The van der Waals surface area contributed by atoms with Crippen molar-refractivity contribution in [2.24, 2.45) is 0 Å². The number of anilines is 2. The fraction of sp³-hybridized carbons (Fsp3) is 0.294. The Kier molecular flexibility index (Phi) is 4.32. The molecule has 0 aliphatic heterocycles. The summed E-state index contributed by atoms with van der Waals surface area (Å²) in [5.41, 5.74) is 1.94. The van der Waals surface area contributed by atoms with Crippen molar-refractivity contribution in [1.82, 2.24) is 10.3 Å². The molecule has 4 nitrogen and oxygen atoms in total. The molecule has 1 aliphatic carbocycles. The lowest BCUT2D eigenvalue weighted by molar-refractivity contribution is 0.0933. The fourth-order valence-corrected chi connectivity index (χ4v) is 2.63. The lowest BCUT2D eigenvalue weighted by Gasteiger charge is -2.11. The third-order valence-electron chi connectivity index (χ3n) is 3.82. The summed E-state index contributed by atoms with van der Waals surface area (Å²) >= 11 is 0. The lowest BCUT2D eigenvalue weighted by atomic mass is 10.2. The Morgan fingerprint density at radius 2 is 1.73 bits per heavy atom. The van der Waals surface area contributed by atoms with E-state index in [9.17, 15) is 9.18 Å². The van der Waals surface area contributed by atoms with Crippen molar-refractivity contribution in [3.8, 4) is 0 Å². The van der Waals surface area contributed by atoms with E-state index in [-0.39, 0.29) is 17.8 Å². The molecule has 0 spiro atoms. The molecule has 114 valence electrons. The lowest BCUT2D eigenvalue weighted by Crippen LogP contribution is -2.33. The minimum atomic E-state index is -0.275.